The van der Waals surface area contributed by atoms with E-state index in [1.54, 1.807) is 0 Å². The van der Waals surface area contributed by atoms with E-state index in [9.17, 15) is 4.79 Å². The summed E-state index contributed by atoms with van der Waals surface area (Å²) in [6.07, 6.45) is 24.7. The van der Waals surface area contributed by atoms with E-state index in [4.69, 9.17) is 4.74 Å². The molecule has 0 fully saturated rings. The maximum atomic E-state index is 10.5. The van der Waals surface area contributed by atoms with Crippen LogP contribution in [-0.4, -0.2) is 37.5 Å². The number of nitrogens with one attached hydrogen (secondary N) is 1. The molecule has 0 radical (unpaired) electrons. The van der Waals surface area contributed by atoms with E-state index in [2.05, 4.69) is 46.7 Å². The minimum atomic E-state index is 0.303. The van der Waals surface area contributed by atoms with Crippen LogP contribution in [0.2, 0.25) is 0 Å². The number of allylic oxidation sites excluding steroid dienone is 3. The van der Waals surface area contributed by atoms with E-state index >= 15 is 0 Å². The van der Waals surface area contributed by atoms with Crippen LogP contribution in [0.4, 0.5) is 0 Å². The van der Waals surface area contributed by atoms with E-state index in [0.717, 1.165) is 37.9 Å². The average molecular weight is 481 g/mol. The molecule has 0 saturated carbocycles. The lowest BCUT2D eigenvalue weighted by molar-refractivity contribution is -0.104. The van der Waals surface area contributed by atoms with E-state index < -0.39 is 0 Å². The van der Waals surface area contributed by atoms with Crippen molar-refractivity contribution in [2.45, 2.75) is 96.6 Å². The fraction of sp³-hybridized carbons (Fsp3) is 0.581. The first kappa shape index (κ1) is 28.9. The molecule has 194 valence electrons. The summed E-state index contributed by atoms with van der Waals surface area (Å²) in [6, 6.07) is 10.8. The fourth-order valence-electron chi connectivity index (χ4n) is 4.65. The zero-order valence-electron chi connectivity index (χ0n) is 22.2. The lowest BCUT2D eigenvalue weighted by Crippen LogP contribution is -2.31. The van der Waals surface area contributed by atoms with Crippen LogP contribution in [0, 0.1) is 0 Å². The van der Waals surface area contributed by atoms with Gasteiger partial charge in [0.25, 0.3) is 0 Å². The molecule has 1 aliphatic heterocycles. The minimum Gasteiger partial charge on any atom is -0.391 e. The van der Waals surface area contributed by atoms with Crippen LogP contribution in [0.15, 0.2) is 66.0 Å². The van der Waals surface area contributed by atoms with Gasteiger partial charge in [-0.1, -0.05) is 87.8 Å². The predicted octanol–water partition coefficient (Wildman–Crippen LogP) is 7.33. The second kappa shape index (κ2) is 18.9. The lowest BCUT2D eigenvalue weighted by atomic mass is 9.97. The van der Waals surface area contributed by atoms with Crippen LogP contribution in [0.1, 0.15) is 89.5 Å². The lowest BCUT2D eigenvalue weighted by Gasteiger charge is -2.32. The molecule has 1 atom stereocenters. The Kier molecular flexibility index (Phi) is 15.6. The van der Waals surface area contributed by atoms with E-state index in [-0.39, 0.29) is 0 Å². The van der Waals surface area contributed by atoms with Crippen LogP contribution < -0.4 is 5.32 Å². The zero-order chi connectivity index (χ0) is 25.0. The third kappa shape index (κ3) is 13.4. The number of hydrogen-bond donors (Lipinski definition) is 1. The van der Waals surface area contributed by atoms with Gasteiger partial charge in [-0.25, -0.2) is 0 Å². The summed E-state index contributed by atoms with van der Waals surface area (Å²) >= 11 is 0. The number of rotatable bonds is 19. The van der Waals surface area contributed by atoms with Crippen molar-refractivity contribution < 1.29 is 9.53 Å². The van der Waals surface area contributed by atoms with Crippen molar-refractivity contribution >= 4 is 6.29 Å². The maximum absolute atomic E-state index is 10.5. The zero-order valence-corrected chi connectivity index (χ0v) is 22.2. The van der Waals surface area contributed by atoms with Gasteiger partial charge in [-0.05, 0) is 61.6 Å². The molecule has 1 unspecified atom stereocenters. The van der Waals surface area contributed by atoms with E-state index in [1.165, 1.54) is 81.8 Å². The van der Waals surface area contributed by atoms with Crippen LogP contribution in [-0.2, 0) is 16.1 Å². The Morgan fingerprint density at radius 2 is 1.66 bits per heavy atom. The number of ether oxygens (including phenoxy) is 1. The molecule has 0 saturated heterocycles. The molecular formula is C31H48N2O2. The third-order valence-electron chi connectivity index (χ3n) is 6.75. The first-order valence-corrected chi connectivity index (χ1v) is 13.8. The smallest absolute Gasteiger partial charge is 0.145 e. The highest BCUT2D eigenvalue weighted by Crippen LogP contribution is 2.25. The third-order valence-corrected chi connectivity index (χ3v) is 6.75. The Balaban J connectivity index is 1.46. The van der Waals surface area contributed by atoms with Gasteiger partial charge in [0.15, 0.2) is 0 Å². The summed E-state index contributed by atoms with van der Waals surface area (Å²) in [6.45, 7) is 4.89. The second-order valence-corrected chi connectivity index (χ2v) is 9.80. The Bertz CT molecular complexity index is 769. The summed E-state index contributed by atoms with van der Waals surface area (Å²) in [5.41, 5.74) is 3.60. The van der Waals surface area contributed by atoms with Crippen molar-refractivity contribution in [1.82, 2.24) is 10.2 Å². The molecule has 1 aromatic rings. The van der Waals surface area contributed by atoms with Crippen LogP contribution in [0.25, 0.3) is 0 Å². The predicted molar refractivity (Wildman–Crippen MR) is 148 cm³/mol. The monoisotopic (exact) mass is 480 g/mol. The van der Waals surface area contributed by atoms with Gasteiger partial charge >= 0.3 is 0 Å². The van der Waals surface area contributed by atoms with Gasteiger partial charge in [0, 0.05) is 32.9 Å². The Morgan fingerprint density at radius 3 is 2.31 bits per heavy atom. The van der Waals surface area contributed by atoms with Gasteiger partial charge in [-0.15, -0.1) is 0 Å². The Morgan fingerprint density at radius 1 is 1.00 bits per heavy atom. The van der Waals surface area contributed by atoms with Crippen molar-refractivity contribution in [2.75, 3.05) is 20.2 Å². The topological polar surface area (TPSA) is 41.6 Å². The normalized spacial score (nSPS) is 16.5. The van der Waals surface area contributed by atoms with Crippen molar-refractivity contribution in [3.63, 3.8) is 0 Å². The van der Waals surface area contributed by atoms with Crippen LogP contribution in [0.3, 0.4) is 0 Å². The number of carbonyl (C=O) groups excluding carboxylic acids is 1. The molecule has 0 bridgehead atoms. The molecule has 0 amide bonds. The summed E-state index contributed by atoms with van der Waals surface area (Å²) < 4.78 is 5.77. The highest BCUT2D eigenvalue weighted by Gasteiger charge is 2.20. The number of methoxy groups -OCH3 is 1. The molecule has 1 aromatic carbocycles. The molecule has 0 spiro atoms. The molecule has 1 heterocycles. The number of nitrogens with zero attached hydrogens (tertiary/aromatic N) is 1. The molecule has 35 heavy (non-hydrogen) atoms. The molecule has 0 aliphatic carbocycles. The molecule has 4 nitrogen and oxygen atoms in total. The summed E-state index contributed by atoms with van der Waals surface area (Å²) in [5, 5.41) is 3.28. The number of benzene rings is 1. The van der Waals surface area contributed by atoms with Gasteiger partial charge < -0.3 is 15.0 Å². The van der Waals surface area contributed by atoms with Crippen molar-refractivity contribution in [3.8, 4) is 0 Å². The average Bonchev–Trinajstić information content (AvgIpc) is 2.89. The highest BCUT2D eigenvalue weighted by molar-refractivity contribution is 5.72. The standard InChI is InChI=1S/C31H48N2O2/c1-28(27-34)17-16-23-32-22-15-10-8-6-4-3-5-7-9-14-20-30-26-33(24-21-31(30)35-2)25-29-18-12-11-13-19-29/h11-13,16-19,23,26-27,31-32H,3-10,14-15,20-22,24-25H2,1-2H3/b23-16+,28-17+. The number of hydrogen-bond acceptors (Lipinski definition) is 4. The highest BCUT2D eigenvalue weighted by atomic mass is 16.5. The molecule has 4 heteroatoms. The quantitative estimate of drug-likeness (QED) is 0.0974. The van der Waals surface area contributed by atoms with Crippen LogP contribution >= 0.6 is 0 Å². The Hall–Kier alpha value is -2.33. The van der Waals surface area contributed by atoms with Crippen molar-refractivity contribution in [1.29, 1.82) is 0 Å². The fourth-order valence-corrected chi connectivity index (χ4v) is 4.65. The molecular weight excluding hydrogens is 432 g/mol. The SMILES string of the molecule is COC1CCN(Cc2ccccc2)C=C1CCCCCCCCCCCCN/C=C/C=C(\C)C=O. The molecule has 0 aromatic heterocycles. The number of aldehydes is 1. The first-order valence-electron chi connectivity index (χ1n) is 13.8. The van der Waals surface area contributed by atoms with E-state index in [1.807, 2.05) is 32.4 Å². The van der Waals surface area contributed by atoms with Crippen LogP contribution in [0.5, 0.6) is 0 Å². The van der Waals surface area contributed by atoms with Crippen molar-refractivity contribution in [2.24, 2.45) is 0 Å². The number of carbonyl (C=O) groups is 1. The van der Waals surface area contributed by atoms with Gasteiger partial charge in [0.2, 0.25) is 0 Å². The van der Waals surface area contributed by atoms with Gasteiger partial charge in [0.1, 0.15) is 6.29 Å². The summed E-state index contributed by atoms with van der Waals surface area (Å²) in [5.74, 6) is 0. The molecule has 2 rings (SSSR count). The second-order valence-electron chi connectivity index (χ2n) is 9.80. The number of unbranched alkanes of at least 4 members (excludes halogenated alkanes) is 9. The van der Waals surface area contributed by atoms with Gasteiger partial charge in [-0.3, -0.25) is 4.79 Å². The van der Waals surface area contributed by atoms with Gasteiger partial charge in [0.05, 0.1) is 6.10 Å². The largest absolute Gasteiger partial charge is 0.391 e. The van der Waals surface area contributed by atoms with Gasteiger partial charge in [-0.2, -0.15) is 0 Å². The Labute approximate surface area is 214 Å². The minimum absolute atomic E-state index is 0.303. The summed E-state index contributed by atoms with van der Waals surface area (Å²) in [4.78, 5) is 13.0. The van der Waals surface area contributed by atoms with E-state index in [0.29, 0.717) is 6.10 Å². The summed E-state index contributed by atoms with van der Waals surface area (Å²) in [7, 11) is 1.86. The molecule has 1 N–H and O–H groups in total. The first-order chi connectivity index (χ1) is 17.2. The molecule has 1 aliphatic rings. The maximum Gasteiger partial charge on any atom is 0.145 e. The van der Waals surface area contributed by atoms with Crippen molar-refractivity contribution in [3.05, 3.63) is 71.6 Å².